The summed E-state index contributed by atoms with van der Waals surface area (Å²) >= 11 is 1.99. The van der Waals surface area contributed by atoms with Gasteiger partial charge in [-0.15, -0.1) is 0 Å². The van der Waals surface area contributed by atoms with E-state index < -0.39 is 0 Å². The number of rotatable bonds is 5. The maximum Gasteiger partial charge on any atom is 0.127 e. The molecule has 0 spiro atoms. The van der Waals surface area contributed by atoms with Crippen LogP contribution in [0.4, 0.5) is 4.39 Å². The summed E-state index contributed by atoms with van der Waals surface area (Å²) in [7, 11) is 0. The zero-order valence-electron chi connectivity index (χ0n) is 12.7. The van der Waals surface area contributed by atoms with Crippen LogP contribution in [0.1, 0.15) is 31.9 Å². The molecule has 0 amide bonds. The first-order valence-electron chi connectivity index (χ1n) is 7.38. The van der Waals surface area contributed by atoms with Crippen LogP contribution in [0.25, 0.3) is 0 Å². The molecule has 1 heterocycles. The van der Waals surface area contributed by atoms with Crippen molar-refractivity contribution in [1.82, 2.24) is 10.2 Å². The lowest BCUT2D eigenvalue weighted by Gasteiger charge is -2.33. The lowest BCUT2D eigenvalue weighted by atomic mass is 10.1. The molecule has 1 aliphatic rings. The van der Waals surface area contributed by atoms with E-state index in [9.17, 15) is 4.39 Å². The molecule has 1 N–H and O–H groups in total. The van der Waals surface area contributed by atoms with Gasteiger partial charge in [0.05, 0.1) is 0 Å². The molecule has 0 aliphatic carbocycles. The molecule has 0 bridgehead atoms. The van der Waals surface area contributed by atoms with E-state index in [1.165, 1.54) is 0 Å². The standard InChI is InChI=1S/C16H25FN2S/c1-12(2)18-9-14-4-5-16(17)15(8-14)10-19-6-7-20-11-13(19)3/h4-5,8,12-13,18H,6-7,9-11H2,1-3H3. The van der Waals surface area contributed by atoms with Crippen LogP contribution in [0, 0.1) is 5.82 Å². The molecule has 0 saturated carbocycles. The van der Waals surface area contributed by atoms with Gasteiger partial charge in [0.1, 0.15) is 5.82 Å². The van der Waals surface area contributed by atoms with E-state index in [-0.39, 0.29) is 5.82 Å². The first-order valence-corrected chi connectivity index (χ1v) is 8.54. The summed E-state index contributed by atoms with van der Waals surface area (Å²) in [5, 5.41) is 3.38. The molecule has 1 saturated heterocycles. The Kier molecular flexibility index (Phi) is 5.87. The number of thioether (sulfide) groups is 1. The van der Waals surface area contributed by atoms with Crippen molar-refractivity contribution < 1.29 is 4.39 Å². The van der Waals surface area contributed by atoms with Gasteiger partial charge in [-0.2, -0.15) is 11.8 Å². The average Bonchev–Trinajstić information content (AvgIpc) is 2.42. The molecule has 0 aromatic heterocycles. The summed E-state index contributed by atoms with van der Waals surface area (Å²) in [4.78, 5) is 2.38. The van der Waals surface area contributed by atoms with Gasteiger partial charge in [0.25, 0.3) is 0 Å². The molecule has 2 rings (SSSR count). The Hall–Kier alpha value is -0.580. The third kappa shape index (κ3) is 4.47. The van der Waals surface area contributed by atoms with Gasteiger partial charge in [-0.3, -0.25) is 4.90 Å². The summed E-state index contributed by atoms with van der Waals surface area (Å²) in [6.07, 6.45) is 0. The Balaban J connectivity index is 2.04. The summed E-state index contributed by atoms with van der Waals surface area (Å²) in [6.45, 7) is 9.06. The Morgan fingerprint density at radius 2 is 2.25 bits per heavy atom. The molecule has 20 heavy (non-hydrogen) atoms. The topological polar surface area (TPSA) is 15.3 Å². The highest BCUT2D eigenvalue weighted by molar-refractivity contribution is 7.99. The van der Waals surface area contributed by atoms with Gasteiger partial charge < -0.3 is 5.32 Å². The molecule has 0 radical (unpaired) electrons. The van der Waals surface area contributed by atoms with Crippen molar-refractivity contribution in [2.75, 3.05) is 18.1 Å². The second-order valence-corrected chi connectivity index (χ2v) is 7.01. The maximum atomic E-state index is 14.0. The van der Waals surface area contributed by atoms with Crippen LogP contribution in [-0.2, 0) is 13.1 Å². The van der Waals surface area contributed by atoms with Crippen molar-refractivity contribution in [3.8, 4) is 0 Å². The average molecular weight is 296 g/mol. The van der Waals surface area contributed by atoms with Crippen molar-refractivity contribution in [3.63, 3.8) is 0 Å². The molecule has 1 unspecified atom stereocenters. The lowest BCUT2D eigenvalue weighted by molar-refractivity contribution is 0.221. The van der Waals surface area contributed by atoms with Crippen LogP contribution in [0.5, 0.6) is 0 Å². The second-order valence-electron chi connectivity index (χ2n) is 5.86. The molecule has 112 valence electrons. The fourth-order valence-electron chi connectivity index (χ4n) is 2.40. The number of nitrogens with one attached hydrogen (secondary N) is 1. The summed E-state index contributed by atoms with van der Waals surface area (Å²) in [5.74, 6) is 2.22. The molecule has 4 heteroatoms. The number of nitrogens with zero attached hydrogens (tertiary/aromatic N) is 1. The SMILES string of the molecule is CC(C)NCc1ccc(F)c(CN2CCSCC2C)c1. The van der Waals surface area contributed by atoms with Crippen LogP contribution >= 0.6 is 11.8 Å². The molecule has 1 aromatic rings. The van der Waals surface area contributed by atoms with E-state index >= 15 is 0 Å². The molecule has 1 fully saturated rings. The molecule has 2 nitrogen and oxygen atoms in total. The minimum atomic E-state index is -0.0799. The number of hydrogen-bond acceptors (Lipinski definition) is 3. The predicted molar refractivity (Wildman–Crippen MR) is 85.6 cm³/mol. The smallest absolute Gasteiger partial charge is 0.127 e. The van der Waals surface area contributed by atoms with Crippen molar-refractivity contribution in [1.29, 1.82) is 0 Å². The van der Waals surface area contributed by atoms with Crippen LogP contribution in [0.3, 0.4) is 0 Å². The van der Waals surface area contributed by atoms with E-state index in [1.807, 2.05) is 23.9 Å². The van der Waals surface area contributed by atoms with Crippen LogP contribution in [0.15, 0.2) is 18.2 Å². The van der Waals surface area contributed by atoms with Crippen LogP contribution in [-0.4, -0.2) is 35.0 Å². The monoisotopic (exact) mass is 296 g/mol. The highest BCUT2D eigenvalue weighted by Gasteiger charge is 2.19. The van der Waals surface area contributed by atoms with Crippen molar-refractivity contribution in [2.45, 2.75) is 45.9 Å². The zero-order valence-corrected chi connectivity index (χ0v) is 13.5. The molecule has 1 aliphatic heterocycles. The third-order valence-corrected chi connectivity index (χ3v) is 4.89. The Morgan fingerprint density at radius 1 is 1.45 bits per heavy atom. The van der Waals surface area contributed by atoms with Gasteiger partial charge in [-0.25, -0.2) is 4.39 Å². The minimum Gasteiger partial charge on any atom is -0.310 e. The van der Waals surface area contributed by atoms with Gasteiger partial charge in [0.2, 0.25) is 0 Å². The Morgan fingerprint density at radius 3 is 2.95 bits per heavy atom. The molecular weight excluding hydrogens is 271 g/mol. The van der Waals surface area contributed by atoms with Gasteiger partial charge in [-0.05, 0) is 18.6 Å². The fraction of sp³-hybridized carbons (Fsp3) is 0.625. The third-order valence-electron chi connectivity index (χ3n) is 3.70. The van der Waals surface area contributed by atoms with E-state index in [0.29, 0.717) is 12.1 Å². The summed E-state index contributed by atoms with van der Waals surface area (Å²) < 4.78 is 14.0. The number of hydrogen-bond donors (Lipinski definition) is 1. The van der Waals surface area contributed by atoms with Gasteiger partial charge >= 0.3 is 0 Å². The minimum absolute atomic E-state index is 0.0799. The van der Waals surface area contributed by atoms with Crippen LogP contribution in [0.2, 0.25) is 0 Å². The van der Waals surface area contributed by atoms with Crippen LogP contribution < -0.4 is 5.32 Å². The van der Waals surface area contributed by atoms with Gasteiger partial charge in [0, 0.05) is 48.8 Å². The Bertz CT molecular complexity index is 436. The van der Waals surface area contributed by atoms with Crippen molar-refractivity contribution in [3.05, 3.63) is 35.1 Å². The fourth-order valence-corrected chi connectivity index (χ4v) is 3.48. The van der Waals surface area contributed by atoms with E-state index in [1.54, 1.807) is 6.07 Å². The zero-order chi connectivity index (χ0) is 14.5. The normalized spacial score (nSPS) is 20.6. The quantitative estimate of drug-likeness (QED) is 0.898. The summed E-state index contributed by atoms with van der Waals surface area (Å²) in [6, 6.07) is 6.48. The van der Waals surface area contributed by atoms with E-state index in [2.05, 4.69) is 31.0 Å². The number of benzene rings is 1. The maximum absolute atomic E-state index is 14.0. The van der Waals surface area contributed by atoms with Gasteiger partial charge in [-0.1, -0.05) is 26.0 Å². The predicted octanol–water partition coefficient (Wildman–Crippen LogP) is 3.26. The molecule has 1 aromatic carbocycles. The van der Waals surface area contributed by atoms with E-state index in [4.69, 9.17) is 0 Å². The molecule has 1 atom stereocenters. The Labute approximate surface area is 126 Å². The molecular formula is C16H25FN2S. The van der Waals surface area contributed by atoms with Crippen molar-refractivity contribution >= 4 is 11.8 Å². The summed E-state index contributed by atoms with van der Waals surface area (Å²) in [5.41, 5.74) is 1.99. The first kappa shape index (κ1) is 15.8. The highest BCUT2D eigenvalue weighted by Crippen LogP contribution is 2.20. The van der Waals surface area contributed by atoms with E-state index in [0.717, 1.165) is 42.3 Å². The highest BCUT2D eigenvalue weighted by atomic mass is 32.2. The largest absolute Gasteiger partial charge is 0.310 e. The van der Waals surface area contributed by atoms with Crippen molar-refractivity contribution in [2.24, 2.45) is 0 Å². The van der Waals surface area contributed by atoms with Gasteiger partial charge in [0.15, 0.2) is 0 Å². The number of halogens is 1. The second kappa shape index (κ2) is 7.43. The first-order chi connectivity index (χ1) is 9.56. The lowest BCUT2D eigenvalue weighted by Crippen LogP contribution is -2.39.